The van der Waals surface area contributed by atoms with E-state index in [9.17, 15) is 9.67 Å². The van der Waals surface area contributed by atoms with Crippen molar-refractivity contribution in [2.24, 2.45) is 0 Å². The Hall–Kier alpha value is -2.04. The maximum Gasteiger partial charge on any atom is 0.401 e. The molecular formula is C16H21N2O4P. The summed E-state index contributed by atoms with van der Waals surface area (Å²) in [5, 5.41) is 12.5. The van der Waals surface area contributed by atoms with Gasteiger partial charge < -0.3 is 14.9 Å². The maximum atomic E-state index is 13.2. The van der Waals surface area contributed by atoms with Gasteiger partial charge in [0.1, 0.15) is 17.3 Å². The molecule has 2 unspecified atom stereocenters. The molecule has 0 saturated carbocycles. The molecule has 6 nitrogen and oxygen atoms in total. The van der Waals surface area contributed by atoms with Crippen molar-refractivity contribution in [2.75, 3.05) is 11.9 Å². The van der Waals surface area contributed by atoms with Gasteiger partial charge in [0.15, 0.2) is 0 Å². The fraction of sp³-hybridized carbons (Fsp3) is 0.312. The van der Waals surface area contributed by atoms with Gasteiger partial charge >= 0.3 is 7.60 Å². The molecule has 2 N–H and O–H groups in total. The number of nitrogens with zero attached hydrogens (tertiary/aromatic N) is 1. The van der Waals surface area contributed by atoms with Crippen LogP contribution >= 0.6 is 7.60 Å². The van der Waals surface area contributed by atoms with Crippen molar-refractivity contribution in [3.63, 3.8) is 0 Å². The molecule has 1 aromatic heterocycles. The van der Waals surface area contributed by atoms with Crippen LogP contribution in [0.3, 0.4) is 0 Å². The first kappa shape index (κ1) is 17.3. The molecular weight excluding hydrogens is 315 g/mol. The molecule has 0 aliphatic carbocycles. The second-order valence-electron chi connectivity index (χ2n) is 4.85. The predicted molar refractivity (Wildman–Crippen MR) is 89.9 cm³/mol. The highest BCUT2D eigenvalue weighted by Crippen LogP contribution is 2.54. The molecule has 2 aromatic rings. The number of pyridine rings is 1. The van der Waals surface area contributed by atoms with Crippen molar-refractivity contribution in [2.45, 2.75) is 26.1 Å². The van der Waals surface area contributed by atoms with Gasteiger partial charge in [-0.2, -0.15) is 0 Å². The lowest BCUT2D eigenvalue weighted by molar-refractivity contribution is 0.271. The Morgan fingerprint density at radius 1 is 1.26 bits per heavy atom. The zero-order valence-corrected chi connectivity index (χ0v) is 14.1. The summed E-state index contributed by atoms with van der Waals surface area (Å²) < 4.78 is 24.4. The molecule has 124 valence electrons. The Morgan fingerprint density at radius 2 is 2.00 bits per heavy atom. The molecule has 0 saturated heterocycles. The number of aromatic nitrogens is 1. The SMILES string of the molecule is CCOP(=O)(Oc1ccc(O)cc1)C(CC)Nc1cccnc1. The third-order valence-electron chi connectivity index (χ3n) is 3.14. The summed E-state index contributed by atoms with van der Waals surface area (Å²) in [5.41, 5.74) is 0.744. The summed E-state index contributed by atoms with van der Waals surface area (Å²) >= 11 is 0. The zero-order chi connectivity index (χ0) is 16.7. The van der Waals surface area contributed by atoms with E-state index in [1.165, 1.54) is 12.1 Å². The summed E-state index contributed by atoms with van der Waals surface area (Å²) in [6.45, 7) is 3.93. The van der Waals surface area contributed by atoms with Gasteiger partial charge in [0.05, 0.1) is 12.3 Å². The number of hydrogen-bond acceptors (Lipinski definition) is 6. The van der Waals surface area contributed by atoms with Gasteiger partial charge in [-0.3, -0.25) is 9.51 Å². The largest absolute Gasteiger partial charge is 0.508 e. The van der Waals surface area contributed by atoms with Gasteiger partial charge in [-0.15, -0.1) is 0 Å². The van der Waals surface area contributed by atoms with Crippen LogP contribution in [0.25, 0.3) is 0 Å². The van der Waals surface area contributed by atoms with E-state index in [2.05, 4.69) is 10.3 Å². The third kappa shape index (κ3) is 4.71. The molecule has 2 rings (SSSR count). The first-order valence-corrected chi connectivity index (χ1v) is 9.08. The summed E-state index contributed by atoms with van der Waals surface area (Å²) in [6.07, 6.45) is 3.87. The van der Waals surface area contributed by atoms with Gasteiger partial charge in [0, 0.05) is 12.4 Å². The van der Waals surface area contributed by atoms with E-state index >= 15 is 0 Å². The lowest BCUT2D eigenvalue weighted by Gasteiger charge is -2.27. The van der Waals surface area contributed by atoms with Crippen LogP contribution in [0, 0.1) is 0 Å². The molecule has 7 heteroatoms. The van der Waals surface area contributed by atoms with Crippen molar-refractivity contribution >= 4 is 13.3 Å². The molecule has 0 bridgehead atoms. The van der Waals surface area contributed by atoms with Crippen LogP contribution in [0.4, 0.5) is 5.69 Å². The van der Waals surface area contributed by atoms with E-state index in [1.54, 1.807) is 37.5 Å². The lowest BCUT2D eigenvalue weighted by Crippen LogP contribution is -2.23. The van der Waals surface area contributed by atoms with Gasteiger partial charge in [-0.1, -0.05) is 6.92 Å². The topological polar surface area (TPSA) is 80.7 Å². The number of nitrogens with one attached hydrogen (secondary N) is 1. The molecule has 2 atom stereocenters. The minimum absolute atomic E-state index is 0.115. The van der Waals surface area contributed by atoms with Crippen molar-refractivity contribution in [1.82, 2.24) is 4.98 Å². The van der Waals surface area contributed by atoms with Gasteiger partial charge in [-0.05, 0) is 49.7 Å². The summed E-state index contributed by atoms with van der Waals surface area (Å²) in [4.78, 5) is 4.03. The molecule has 0 amide bonds. The van der Waals surface area contributed by atoms with Crippen LogP contribution in [0.15, 0.2) is 48.8 Å². The van der Waals surface area contributed by atoms with Crippen molar-refractivity contribution < 1.29 is 18.7 Å². The van der Waals surface area contributed by atoms with E-state index in [-0.39, 0.29) is 12.4 Å². The van der Waals surface area contributed by atoms with Crippen LogP contribution in [0.1, 0.15) is 20.3 Å². The molecule has 1 heterocycles. The van der Waals surface area contributed by atoms with Crippen molar-refractivity contribution in [3.05, 3.63) is 48.8 Å². The summed E-state index contributed by atoms with van der Waals surface area (Å²) in [6, 6.07) is 9.69. The van der Waals surface area contributed by atoms with Gasteiger partial charge in [0.25, 0.3) is 0 Å². The number of rotatable bonds is 8. The monoisotopic (exact) mass is 336 g/mol. The highest BCUT2D eigenvalue weighted by atomic mass is 31.2. The molecule has 0 aliphatic heterocycles. The average molecular weight is 336 g/mol. The molecule has 0 aliphatic rings. The highest BCUT2D eigenvalue weighted by Gasteiger charge is 2.36. The molecule has 0 radical (unpaired) electrons. The van der Waals surface area contributed by atoms with Crippen LogP contribution in [-0.2, 0) is 9.09 Å². The Kier molecular flexibility index (Phi) is 6.02. The standard InChI is InChI=1S/C16H21N2O4P/c1-3-16(18-13-6-5-11-17-12-13)23(20,21-4-2)22-15-9-7-14(19)8-10-15/h5-12,16,18-19H,3-4H2,1-2H3. The van der Waals surface area contributed by atoms with E-state index in [0.29, 0.717) is 12.2 Å². The third-order valence-corrected chi connectivity index (χ3v) is 5.48. The Labute approximate surface area is 136 Å². The number of anilines is 1. The fourth-order valence-corrected chi connectivity index (χ4v) is 3.95. The Balaban J connectivity index is 2.22. The molecule has 1 aromatic carbocycles. The summed E-state index contributed by atoms with van der Waals surface area (Å²) in [5.74, 6) is -0.0180. The Bertz CT molecular complexity index is 649. The fourth-order valence-electron chi connectivity index (χ4n) is 2.06. The first-order chi connectivity index (χ1) is 11.1. The Morgan fingerprint density at radius 3 is 2.57 bits per heavy atom. The number of aromatic hydroxyl groups is 1. The van der Waals surface area contributed by atoms with E-state index in [1.807, 2.05) is 13.0 Å². The van der Waals surface area contributed by atoms with E-state index in [4.69, 9.17) is 9.05 Å². The zero-order valence-electron chi connectivity index (χ0n) is 13.2. The van der Waals surface area contributed by atoms with Crippen molar-refractivity contribution in [1.29, 1.82) is 0 Å². The normalized spacial score (nSPS) is 14.7. The number of phenols is 1. The van der Waals surface area contributed by atoms with Crippen molar-refractivity contribution in [3.8, 4) is 11.5 Å². The first-order valence-electron chi connectivity index (χ1n) is 7.47. The summed E-state index contributed by atoms with van der Waals surface area (Å²) in [7, 11) is -3.45. The second kappa shape index (κ2) is 7.99. The van der Waals surface area contributed by atoms with Crippen LogP contribution in [-0.4, -0.2) is 22.5 Å². The van der Waals surface area contributed by atoms with E-state index in [0.717, 1.165) is 5.69 Å². The number of benzene rings is 1. The minimum Gasteiger partial charge on any atom is -0.508 e. The quantitative estimate of drug-likeness (QED) is 0.702. The second-order valence-corrected chi connectivity index (χ2v) is 7.00. The van der Waals surface area contributed by atoms with Crippen LogP contribution < -0.4 is 9.84 Å². The minimum atomic E-state index is -3.45. The molecule has 0 fully saturated rings. The van der Waals surface area contributed by atoms with Crippen LogP contribution in [0.5, 0.6) is 11.5 Å². The average Bonchev–Trinajstić information content (AvgIpc) is 2.56. The smallest absolute Gasteiger partial charge is 0.401 e. The maximum absolute atomic E-state index is 13.2. The van der Waals surface area contributed by atoms with Gasteiger partial charge in [-0.25, -0.2) is 4.57 Å². The lowest BCUT2D eigenvalue weighted by atomic mass is 10.3. The van der Waals surface area contributed by atoms with Crippen LogP contribution in [0.2, 0.25) is 0 Å². The number of hydrogen-bond donors (Lipinski definition) is 2. The molecule has 0 spiro atoms. The highest BCUT2D eigenvalue weighted by molar-refractivity contribution is 7.55. The molecule has 23 heavy (non-hydrogen) atoms. The van der Waals surface area contributed by atoms with Gasteiger partial charge in [0.2, 0.25) is 0 Å². The van der Waals surface area contributed by atoms with E-state index < -0.39 is 13.4 Å². The predicted octanol–water partition coefficient (Wildman–Crippen LogP) is 4.24. The number of phenolic OH excluding ortho intramolecular Hbond substituents is 1.